The molecular formula is C26H36O12S3. The van der Waals surface area contributed by atoms with Gasteiger partial charge in [0.25, 0.3) is 30.4 Å². The third-order valence-electron chi connectivity index (χ3n) is 4.86. The quantitative estimate of drug-likeness (QED) is 0.206. The molecule has 0 radical (unpaired) electrons. The predicted molar refractivity (Wildman–Crippen MR) is 152 cm³/mol. The summed E-state index contributed by atoms with van der Waals surface area (Å²) >= 11 is 0. The molecule has 3 aromatic carbocycles. The lowest BCUT2D eigenvalue weighted by Crippen LogP contribution is -2.11. The van der Waals surface area contributed by atoms with Crippen molar-refractivity contribution < 1.29 is 54.2 Å². The molecule has 1 unspecified atom stereocenters. The summed E-state index contributed by atoms with van der Waals surface area (Å²) in [4.78, 5) is -0.200. The van der Waals surface area contributed by atoms with Crippen LogP contribution in [0.5, 0.6) is 0 Å². The molecule has 12 nitrogen and oxygen atoms in total. The molecule has 15 heteroatoms. The summed E-state index contributed by atoms with van der Waals surface area (Å²) in [6.45, 7) is 5.40. The molecule has 6 N–H and O–H groups in total. The lowest BCUT2D eigenvalue weighted by molar-refractivity contribution is 0.0817. The largest absolute Gasteiger partial charge is 0.396 e. The van der Waals surface area contributed by atoms with Gasteiger partial charge in [-0.3, -0.25) is 13.7 Å². The summed E-state index contributed by atoms with van der Waals surface area (Å²) in [6, 6.07) is 18.0. The molecule has 0 heterocycles. The number of hydrogen-bond acceptors (Lipinski definition) is 9. The van der Waals surface area contributed by atoms with E-state index in [0.29, 0.717) is 12.8 Å². The Morgan fingerprint density at radius 2 is 0.780 bits per heavy atom. The lowest BCUT2D eigenvalue weighted by atomic mass is 10.2. The minimum Gasteiger partial charge on any atom is -0.396 e. The number of aliphatic hydroxyl groups is 3. The van der Waals surface area contributed by atoms with Crippen LogP contribution in [-0.4, -0.2) is 73.5 Å². The zero-order chi connectivity index (χ0) is 31.9. The highest BCUT2D eigenvalue weighted by Gasteiger charge is 2.08. The number of hydrogen-bond donors (Lipinski definition) is 6. The second kappa shape index (κ2) is 17.9. The van der Waals surface area contributed by atoms with Crippen molar-refractivity contribution in [3.05, 3.63) is 89.5 Å². The molecule has 41 heavy (non-hydrogen) atoms. The zero-order valence-corrected chi connectivity index (χ0v) is 25.1. The summed E-state index contributed by atoms with van der Waals surface area (Å²) in [5, 5.41) is 25.1. The van der Waals surface area contributed by atoms with Gasteiger partial charge in [-0.15, -0.1) is 0 Å². The minimum absolute atomic E-state index is 0.0666. The number of benzene rings is 3. The van der Waals surface area contributed by atoms with Crippen LogP contribution in [0.1, 0.15) is 29.5 Å². The van der Waals surface area contributed by atoms with Gasteiger partial charge in [0.05, 0.1) is 27.4 Å². The van der Waals surface area contributed by atoms with Gasteiger partial charge in [-0.05, 0) is 70.0 Å². The van der Waals surface area contributed by atoms with Crippen LogP contribution in [0.2, 0.25) is 0 Å². The Kier molecular flexibility index (Phi) is 16.8. The van der Waals surface area contributed by atoms with Crippen LogP contribution in [0.4, 0.5) is 0 Å². The summed E-state index contributed by atoms with van der Waals surface area (Å²) in [7, 11) is -12.1. The zero-order valence-electron chi connectivity index (χ0n) is 22.7. The molecule has 3 rings (SSSR count). The molecule has 1 atom stereocenters. The van der Waals surface area contributed by atoms with Crippen molar-refractivity contribution in [2.24, 2.45) is 0 Å². The molecule has 0 spiro atoms. The van der Waals surface area contributed by atoms with E-state index in [1.54, 1.807) is 36.4 Å². The topological polar surface area (TPSA) is 224 Å². The molecular weight excluding hydrogens is 600 g/mol. The number of rotatable bonds is 7. The molecule has 230 valence electrons. The van der Waals surface area contributed by atoms with Crippen molar-refractivity contribution in [1.29, 1.82) is 0 Å². The van der Waals surface area contributed by atoms with E-state index in [-0.39, 0.29) is 27.9 Å². The number of aliphatic hydroxyl groups excluding tert-OH is 3. The van der Waals surface area contributed by atoms with Gasteiger partial charge in [-0.1, -0.05) is 53.1 Å². The molecule has 0 bridgehead atoms. The van der Waals surface area contributed by atoms with Crippen molar-refractivity contribution in [1.82, 2.24) is 0 Å². The first-order chi connectivity index (χ1) is 18.8. The van der Waals surface area contributed by atoms with Gasteiger partial charge in [0.1, 0.15) is 0 Å². The molecule has 0 aromatic heterocycles. The first-order valence-electron chi connectivity index (χ1n) is 11.8. The van der Waals surface area contributed by atoms with Crippen LogP contribution in [0, 0.1) is 20.8 Å². The average Bonchev–Trinajstić information content (AvgIpc) is 2.87. The normalized spacial score (nSPS) is 11.9. The highest BCUT2D eigenvalue weighted by atomic mass is 32.2. The van der Waals surface area contributed by atoms with Gasteiger partial charge in [0.15, 0.2) is 0 Å². The van der Waals surface area contributed by atoms with Crippen LogP contribution < -0.4 is 0 Å². The fourth-order valence-corrected chi connectivity index (χ4v) is 3.99. The van der Waals surface area contributed by atoms with Crippen LogP contribution in [0.3, 0.4) is 0 Å². The van der Waals surface area contributed by atoms with Crippen molar-refractivity contribution in [2.45, 2.75) is 54.4 Å². The highest BCUT2D eigenvalue weighted by molar-refractivity contribution is 7.86. The van der Waals surface area contributed by atoms with Crippen molar-refractivity contribution >= 4 is 30.4 Å². The van der Waals surface area contributed by atoms with Gasteiger partial charge in [-0.25, -0.2) is 0 Å². The van der Waals surface area contributed by atoms with E-state index in [4.69, 9.17) is 29.0 Å². The lowest BCUT2D eigenvalue weighted by Gasteiger charge is -2.02. The van der Waals surface area contributed by atoms with Crippen molar-refractivity contribution in [3.8, 4) is 0 Å². The van der Waals surface area contributed by atoms with Crippen LogP contribution in [0.25, 0.3) is 0 Å². The van der Waals surface area contributed by atoms with E-state index in [2.05, 4.69) is 0 Å². The van der Waals surface area contributed by atoms with Gasteiger partial charge in [0, 0.05) is 6.61 Å². The first kappa shape index (κ1) is 38.3. The summed E-state index contributed by atoms with van der Waals surface area (Å²) < 4.78 is 88.7. The molecule has 0 amide bonds. The Hall–Kier alpha value is -2.73. The predicted octanol–water partition coefficient (Wildman–Crippen LogP) is 2.84. The fourth-order valence-electron chi connectivity index (χ4n) is 2.55. The van der Waals surface area contributed by atoms with Gasteiger partial charge in [0.2, 0.25) is 0 Å². The van der Waals surface area contributed by atoms with Gasteiger partial charge in [-0.2, -0.15) is 25.3 Å². The molecule has 0 aliphatic heterocycles. The second-order valence-corrected chi connectivity index (χ2v) is 12.8. The van der Waals surface area contributed by atoms with Crippen molar-refractivity contribution in [2.75, 3.05) is 13.2 Å². The molecule has 0 saturated heterocycles. The second-order valence-electron chi connectivity index (χ2n) is 8.57. The van der Waals surface area contributed by atoms with Crippen LogP contribution in [-0.2, 0) is 30.4 Å². The Morgan fingerprint density at radius 3 is 0.951 bits per heavy atom. The monoisotopic (exact) mass is 636 g/mol. The van der Waals surface area contributed by atoms with E-state index < -0.39 is 36.5 Å². The molecule has 0 aliphatic carbocycles. The average molecular weight is 637 g/mol. The van der Waals surface area contributed by atoms with Crippen LogP contribution in [0.15, 0.2) is 87.5 Å². The van der Waals surface area contributed by atoms with Crippen molar-refractivity contribution in [3.63, 3.8) is 0 Å². The summed E-state index contributed by atoms with van der Waals surface area (Å²) in [5.41, 5.74) is 2.87. The SMILES string of the molecule is Cc1ccc(S(=O)(=O)O)cc1.Cc1ccc(S(=O)(=O)O)cc1.Cc1ccc(S(=O)(=O)O)cc1.OCCCC(O)CO. The molecule has 0 aliphatic rings. The van der Waals surface area contributed by atoms with E-state index >= 15 is 0 Å². The summed E-state index contributed by atoms with van der Waals surface area (Å²) in [6.07, 6.45) is 0.386. The summed E-state index contributed by atoms with van der Waals surface area (Å²) in [5.74, 6) is 0. The molecule has 0 fully saturated rings. The number of aryl methyl sites for hydroxylation is 3. The fraction of sp³-hybridized carbons (Fsp3) is 0.308. The smallest absolute Gasteiger partial charge is 0.294 e. The van der Waals surface area contributed by atoms with Gasteiger partial charge < -0.3 is 15.3 Å². The maximum absolute atomic E-state index is 10.5. The third-order valence-corrected chi connectivity index (χ3v) is 7.47. The van der Waals surface area contributed by atoms with E-state index in [9.17, 15) is 25.3 Å². The molecule has 0 saturated carbocycles. The Bertz CT molecular complexity index is 1310. The molecule has 3 aromatic rings. The Labute approximate surface area is 241 Å². The van der Waals surface area contributed by atoms with E-state index in [0.717, 1.165) is 16.7 Å². The van der Waals surface area contributed by atoms with Crippen LogP contribution >= 0.6 is 0 Å². The third kappa shape index (κ3) is 17.6. The highest BCUT2D eigenvalue weighted by Crippen LogP contribution is 2.10. The Morgan fingerprint density at radius 1 is 0.537 bits per heavy atom. The maximum atomic E-state index is 10.5. The maximum Gasteiger partial charge on any atom is 0.294 e. The minimum atomic E-state index is -4.02. The van der Waals surface area contributed by atoms with E-state index in [1.807, 2.05) is 20.8 Å². The first-order valence-corrected chi connectivity index (χ1v) is 16.2. The van der Waals surface area contributed by atoms with E-state index in [1.165, 1.54) is 36.4 Å². The Balaban J connectivity index is 0.000000525. The standard InChI is InChI=1S/3C7H8O3S.C5H12O3/c3*1-6-2-4-7(5-3-6)11(8,9)10;6-3-1-2-5(8)4-7/h3*2-5H,1H3,(H,8,9,10);5-8H,1-4H2. The van der Waals surface area contributed by atoms with Gasteiger partial charge >= 0.3 is 0 Å².